The van der Waals surface area contributed by atoms with Crippen LogP contribution < -0.4 is 5.32 Å². The molecule has 0 aliphatic rings. The van der Waals surface area contributed by atoms with Crippen molar-refractivity contribution in [2.75, 3.05) is 5.32 Å². The standard InChI is InChI=1S/C10H10N4O2S2/c1-4-7(6(3)15)17-10(11-4)12-9(16)8-5(2)13-14-18-8/h1-3H3,(H,11,12,16). The Morgan fingerprint density at radius 2 is 1.89 bits per heavy atom. The number of ketones is 1. The molecule has 0 unspecified atom stereocenters. The van der Waals surface area contributed by atoms with E-state index in [1.165, 1.54) is 18.3 Å². The van der Waals surface area contributed by atoms with Crippen molar-refractivity contribution in [3.63, 3.8) is 0 Å². The van der Waals surface area contributed by atoms with Crippen LogP contribution in [0, 0.1) is 13.8 Å². The molecule has 2 aromatic rings. The summed E-state index contributed by atoms with van der Waals surface area (Å²) < 4.78 is 3.70. The Morgan fingerprint density at radius 1 is 1.17 bits per heavy atom. The third-order valence-corrected chi connectivity index (χ3v) is 4.19. The average molecular weight is 282 g/mol. The zero-order valence-electron chi connectivity index (χ0n) is 9.97. The number of thiazole rings is 1. The minimum atomic E-state index is -0.300. The predicted octanol–water partition coefficient (Wildman–Crippen LogP) is 2.07. The summed E-state index contributed by atoms with van der Waals surface area (Å²) in [6.45, 7) is 4.93. The topological polar surface area (TPSA) is 84.8 Å². The number of amides is 1. The maximum absolute atomic E-state index is 11.9. The molecule has 0 saturated carbocycles. The number of aryl methyl sites for hydroxylation is 2. The van der Waals surface area contributed by atoms with Gasteiger partial charge in [0.25, 0.3) is 5.91 Å². The first kappa shape index (κ1) is 12.8. The number of carbonyl (C=O) groups is 2. The summed E-state index contributed by atoms with van der Waals surface area (Å²) in [4.78, 5) is 28.3. The van der Waals surface area contributed by atoms with Crippen molar-refractivity contribution < 1.29 is 9.59 Å². The lowest BCUT2D eigenvalue weighted by atomic mass is 10.3. The van der Waals surface area contributed by atoms with Gasteiger partial charge in [-0.25, -0.2) is 4.98 Å². The molecule has 0 aromatic carbocycles. The maximum Gasteiger partial charge on any atom is 0.271 e. The lowest BCUT2D eigenvalue weighted by molar-refractivity contribution is 0.101. The summed E-state index contributed by atoms with van der Waals surface area (Å²) in [7, 11) is 0. The molecule has 2 heterocycles. The van der Waals surface area contributed by atoms with Gasteiger partial charge < -0.3 is 0 Å². The van der Waals surface area contributed by atoms with Crippen LogP contribution in [-0.2, 0) is 0 Å². The molecule has 8 heteroatoms. The Hall–Kier alpha value is -1.67. The molecule has 18 heavy (non-hydrogen) atoms. The van der Waals surface area contributed by atoms with Crippen molar-refractivity contribution in [1.29, 1.82) is 0 Å². The van der Waals surface area contributed by atoms with Crippen molar-refractivity contribution in [2.24, 2.45) is 0 Å². The second-order valence-corrected chi connectivity index (χ2v) is 5.38. The van der Waals surface area contributed by atoms with Gasteiger partial charge in [-0.05, 0) is 25.4 Å². The van der Waals surface area contributed by atoms with Gasteiger partial charge in [0.05, 0.1) is 16.3 Å². The number of carbonyl (C=O) groups excluding carboxylic acids is 2. The number of hydrogen-bond donors (Lipinski definition) is 1. The Morgan fingerprint density at radius 3 is 2.39 bits per heavy atom. The molecule has 0 bridgehead atoms. The van der Waals surface area contributed by atoms with Crippen molar-refractivity contribution in [2.45, 2.75) is 20.8 Å². The number of aromatic nitrogens is 3. The zero-order valence-corrected chi connectivity index (χ0v) is 11.6. The van der Waals surface area contributed by atoms with Crippen molar-refractivity contribution >= 4 is 39.7 Å². The SMILES string of the molecule is CC(=O)c1sc(NC(=O)c2snnc2C)nc1C. The Labute approximate surface area is 111 Å². The van der Waals surface area contributed by atoms with Crippen LogP contribution >= 0.6 is 22.9 Å². The van der Waals surface area contributed by atoms with E-state index in [1.54, 1.807) is 13.8 Å². The van der Waals surface area contributed by atoms with Crippen LogP contribution in [0.5, 0.6) is 0 Å². The zero-order chi connectivity index (χ0) is 13.3. The Bertz CT molecular complexity index is 617. The third kappa shape index (κ3) is 2.44. The number of nitrogens with one attached hydrogen (secondary N) is 1. The van der Waals surface area contributed by atoms with E-state index in [4.69, 9.17) is 0 Å². The van der Waals surface area contributed by atoms with E-state index in [2.05, 4.69) is 19.9 Å². The Balaban J connectivity index is 2.20. The summed E-state index contributed by atoms with van der Waals surface area (Å²) in [5.41, 5.74) is 1.21. The lowest BCUT2D eigenvalue weighted by Crippen LogP contribution is -2.11. The highest BCUT2D eigenvalue weighted by Crippen LogP contribution is 2.24. The largest absolute Gasteiger partial charge is 0.297 e. The molecule has 1 amide bonds. The molecule has 0 aliphatic heterocycles. The number of hydrogen-bond acceptors (Lipinski definition) is 7. The highest BCUT2D eigenvalue weighted by atomic mass is 32.1. The molecule has 0 fully saturated rings. The van der Waals surface area contributed by atoms with Gasteiger partial charge in [0.1, 0.15) is 4.88 Å². The van der Waals surface area contributed by atoms with E-state index in [-0.39, 0.29) is 11.7 Å². The summed E-state index contributed by atoms with van der Waals surface area (Å²) in [6, 6.07) is 0. The fourth-order valence-electron chi connectivity index (χ4n) is 1.37. The van der Waals surface area contributed by atoms with Gasteiger partial charge in [0.2, 0.25) is 0 Å². The average Bonchev–Trinajstić information content (AvgIpc) is 2.84. The summed E-state index contributed by atoms with van der Waals surface area (Å²) >= 11 is 2.20. The summed E-state index contributed by atoms with van der Waals surface area (Å²) in [5, 5.41) is 6.83. The van der Waals surface area contributed by atoms with Crippen LogP contribution in [0.2, 0.25) is 0 Å². The molecule has 0 spiro atoms. The predicted molar refractivity (Wildman–Crippen MR) is 69.5 cm³/mol. The van der Waals surface area contributed by atoms with E-state index in [1.807, 2.05) is 0 Å². The fraction of sp³-hybridized carbons (Fsp3) is 0.300. The third-order valence-electron chi connectivity index (χ3n) is 2.19. The van der Waals surface area contributed by atoms with Gasteiger partial charge in [0.15, 0.2) is 10.9 Å². The van der Waals surface area contributed by atoms with Crippen LogP contribution in [0.4, 0.5) is 5.13 Å². The molecule has 0 saturated heterocycles. The molecule has 6 nitrogen and oxygen atoms in total. The normalized spacial score (nSPS) is 10.4. The molecule has 0 atom stereocenters. The van der Waals surface area contributed by atoms with Crippen molar-refractivity contribution in [3.8, 4) is 0 Å². The lowest BCUT2D eigenvalue weighted by Gasteiger charge is -1.97. The van der Waals surface area contributed by atoms with E-state index in [0.717, 1.165) is 11.5 Å². The van der Waals surface area contributed by atoms with Gasteiger partial charge in [-0.1, -0.05) is 15.8 Å². The quantitative estimate of drug-likeness (QED) is 0.871. The van der Waals surface area contributed by atoms with Gasteiger partial charge in [0, 0.05) is 6.92 Å². The highest BCUT2D eigenvalue weighted by Gasteiger charge is 2.17. The molecular weight excluding hydrogens is 272 g/mol. The maximum atomic E-state index is 11.9. The van der Waals surface area contributed by atoms with Crippen LogP contribution in [0.15, 0.2) is 0 Å². The first-order chi connectivity index (χ1) is 8.49. The fourth-order valence-corrected chi connectivity index (χ4v) is 2.78. The summed E-state index contributed by atoms with van der Waals surface area (Å²) in [6.07, 6.45) is 0. The Kier molecular flexibility index (Phi) is 3.48. The minimum absolute atomic E-state index is 0.0545. The van der Waals surface area contributed by atoms with Crippen LogP contribution in [-0.4, -0.2) is 26.3 Å². The van der Waals surface area contributed by atoms with Crippen LogP contribution in [0.3, 0.4) is 0 Å². The van der Waals surface area contributed by atoms with E-state index in [0.29, 0.717) is 26.3 Å². The molecular formula is C10H10N4O2S2. The number of rotatable bonds is 3. The molecule has 94 valence electrons. The summed E-state index contributed by atoms with van der Waals surface area (Å²) in [5.74, 6) is -0.354. The van der Waals surface area contributed by atoms with Crippen LogP contribution in [0.1, 0.15) is 37.7 Å². The monoisotopic (exact) mass is 282 g/mol. The van der Waals surface area contributed by atoms with Gasteiger partial charge in [-0.2, -0.15) is 0 Å². The van der Waals surface area contributed by atoms with Crippen molar-refractivity contribution in [3.05, 3.63) is 21.1 Å². The smallest absolute Gasteiger partial charge is 0.271 e. The van der Waals surface area contributed by atoms with E-state index in [9.17, 15) is 9.59 Å². The molecule has 0 radical (unpaired) electrons. The molecule has 0 aliphatic carbocycles. The van der Waals surface area contributed by atoms with Gasteiger partial charge in [-0.15, -0.1) is 5.10 Å². The van der Waals surface area contributed by atoms with E-state index >= 15 is 0 Å². The first-order valence-electron chi connectivity index (χ1n) is 5.07. The number of nitrogens with zero attached hydrogens (tertiary/aromatic N) is 3. The first-order valence-corrected chi connectivity index (χ1v) is 6.66. The molecule has 2 aromatic heterocycles. The molecule has 1 N–H and O–H groups in total. The number of anilines is 1. The van der Waals surface area contributed by atoms with Crippen molar-refractivity contribution in [1.82, 2.24) is 14.6 Å². The highest BCUT2D eigenvalue weighted by molar-refractivity contribution is 7.18. The number of Topliss-reactive ketones (excluding diaryl/α,β-unsaturated/α-hetero) is 1. The second kappa shape index (κ2) is 4.91. The minimum Gasteiger partial charge on any atom is -0.297 e. The van der Waals surface area contributed by atoms with Crippen LogP contribution in [0.25, 0.3) is 0 Å². The molecule has 2 rings (SSSR count). The van der Waals surface area contributed by atoms with E-state index < -0.39 is 0 Å². The van der Waals surface area contributed by atoms with Gasteiger partial charge >= 0.3 is 0 Å². The second-order valence-electron chi connectivity index (χ2n) is 3.63. The van der Waals surface area contributed by atoms with Gasteiger partial charge in [-0.3, -0.25) is 14.9 Å².